The van der Waals surface area contributed by atoms with Crippen LogP contribution >= 0.6 is 0 Å². The van der Waals surface area contributed by atoms with Gasteiger partial charge in [-0.2, -0.15) is 0 Å². The lowest BCUT2D eigenvalue weighted by atomic mass is 10.4. The largest absolute Gasteiger partial charge is 0.404 e. The molecule has 8 heavy (non-hydrogen) atoms. The Balaban J connectivity index is 3.53. The Morgan fingerprint density at radius 1 is 1.75 bits per heavy atom. The molecule has 0 radical (unpaired) electrons. The molecule has 0 saturated carbocycles. The van der Waals surface area contributed by atoms with Gasteiger partial charge < -0.3 is 11.5 Å². The Kier molecular flexibility index (Phi) is 3.88. The zero-order chi connectivity index (χ0) is 6.41. The molecule has 0 spiro atoms. The predicted octanol–water partition coefficient (Wildman–Crippen LogP) is -0.164. The average Bonchev–Trinajstić information content (AvgIpc) is 1.83. The Morgan fingerprint density at radius 2 is 2.38 bits per heavy atom. The van der Waals surface area contributed by atoms with Gasteiger partial charge in [0.05, 0.1) is 6.67 Å². The average molecular weight is 113 g/mol. The minimum Gasteiger partial charge on any atom is -0.404 e. The number of hydrogen-bond donors (Lipinski definition) is 2. The van der Waals surface area contributed by atoms with Crippen LogP contribution < -0.4 is 11.5 Å². The van der Waals surface area contributed by atoms with Gasteiger partial charge in [-0.25, -0.2) is 0 Å². The van der Waals surface area contributed by atoms with Crippen LogP contribution in [-0.4, -0.2) is 12.9 Å². The highest BCUT2D eigenvalue weighted by Gasteiger charge is 1.74. The van der Waals surface area contributed by atoms with Crippen molar-refractivity contribution in [3.05, 3.63) is 11.8 Å². The van der Waals surface area contributed by atoms with E-state index in [1.807, 2.05) is 6.92 Å². The molecule has 0 aliphatic heterocycles. The van der Waals surface area contributed by atoms with Crippen LogP contribution in [0, 0.1) is 0 Å². The van der Waals surface area contributed by atoms with Gasteiger partial charge in [0.15, 0.2) is 0 Å². The predicted molar refractivity (Wildman–Crippen MR) is 35.5 cm³/mol. The first-order chi connectivity index (χ1) is 3.81. The van der Waals surface area contributed by atoms with Crippen LogP contribution in [-0.2, 0) is 0 Å². The number of allylic oxidation sites excluding steroid dienone is 1. The van der Waals surface area contributed by atoms with E-state index in [0.29, 0.717) is 6.67 Å². The van der Waals surface area contributed by atoms with Gasteiger partial charge >= 0.3 is 0 Å². The Labute approximate surface area is 49.1 Å². The third-order valence-corrected chi connectivity index (χ3v) is 0.663. The lowest BCUT2D eigenvalue weighted by Gasteiger charge is -1.84. The van der Waals surface area contributed by atoms with Crippen molar-refractivity contribution in [2.75, 3.05) is 6.67 Å². The summed E-state index contributed by atoms with van der Waals surface area (Å²) in [4.78, 5) is 3.75. The molecule has 0 aromatic heterocycles. The van der Waals surface area contributed by atoms with Gasteiger partial charge in [0.25, 0.3) is 0 Å². The molecule has 46 valence electrons. The molecular weight excluding hydrogens is 102 g/mol. The summed E-state index contributed by atoms with van der Waals surface area (Å²) < 4.78 is 0. The second-order valence-corrected chi connectivity index (χ2v) is 1.40. The fraction of sp³-hybridized carbons (Fsp3) is 0.400. The maximum atomic E-state index is 5.12. The SMILES string of the molecule is CC(/C=N\CN)=C/N. The summed E-state index contributed by atoms with van der Waals surface area (Å²) in [5.74, 6) is 0. The van der Waals surface area contributed by atoms with Gasteiger partial charge in [0, 0.05) is 6.21 Å². The molecule has 0 amide bonds. The molecule has 0 fully saturated rings. The first-order valence-corrected chi connectivity index (χ1v) is 2.39. The van der Waals surface area contributed by atoms with E-state index in [-0.39, 0.29) is 0 Å². The van der Waals surface area contributed by atoms with Crippen molar-refractivity contribution in [2.24, 2.45) is 16.5 Å². The zero-order valence-electron chi connectivity index (χ0n) is 4.96. The molecule has 0 aromatic carbocycles. The molecule has 0 unspecified atom stereocenters. The molecule has 0 saturated heterocycles. The molecule has 0 heterocycles. The van der Waals surface area contributed by atoms with Gasteiger partial charge in [-0.15, -0.1) is 0 Å². The van der Waals surface area contributed by atoms with Crippen LogP contribution in [0.1, 0.15) is 6.92 Å². The summed E-state index contributed by atoms with van der Waals surface area (Å²) >= 11 is 0. The highest BCUT2D eigenvalue weighted by Crippen LogP contribution is 1.79. The number of aliphatic imine (C=N–C) groups is 1. The van der Waals surface area contributed by atoms with Gasteiger partial charge in [0.2, 0.25) is 0 Å². The lowest BCUT2D eigenvalue weighted by Crippen LogP contribution is -1.95. The van der Waals surface area contributed by atoms with E-state index in [4.69, 9.17) is 11.5 Å². The van der Waals surface area contributed by atoms with E-state index in [2.05, 4.69) is 4.99 Å². The Hall–Kier alpha value is -0.830. The third-order valence-electron chi connectivity index (χ3n) is 0.663. The molecule has 0 aromatic rings. The molecule has 0 atom stereocenters. The Morgan fingerprint density at radius 3 is 2.75 bits per heavy atom. The summed E-state index contributed by atoms with van der Waals surface area (Å²) in [6, 6.07) is 0. The second-order valence-electron chi connectivity index (χ2n) is 1.40. The summed E-state index contributed by atoms with van der Waals surface area (Å²) in [7, 11) is 0. The van der Waals surface area contributed by atoms with E-state index in [1.54, 1.807) is 6.21 Å². The molecule has 0 rings (SSSR count). The van der Waals surface area contributed by atoms with Crippen molar-refractivity contribution in [2.45, 2.75) is 6.92 Å². The summed E-state index contributed by atoms with van der Waals surface area (Å²) in [5.41, 5.74) is 11.1. The molecule has 4 N–H and O–H groups in total. The molecule has 3 heteroatoms. The van der Waals surface area contributed by atoms with Gasteiger partial charge in [-0.1, -0.05) is 0 Å². The van der Waals surface area contributed by atoms with Crippen molar-refractivity contribution in [3.8, 4) is 0 Å². The van der Waals surface area contributed by atoms with E-state index >= 15 is 0 Å². The van der Waals surface area contributed by atoms with E-state index in [1.165, 1.54) is 6.20 Å². The number of nitrogens with two attached hydrogens (primary N) is 2. The maximum Gasteiger partial charge on any atom is 0.0859 e. The zero-order valence-corrected chi connectivity index (χ0v) is 4.96. The van der Waals surface area contributed by atoms with Crippen LogP contribution in [0.15, 0.2) is 16.8 Å². The quantitative estimate of drug-likeness (QED) is 0.488. The van der Waals surface area contributed by atoms with Crippen LogP contribution in [0.25, 0.3) is 0 Å². The highest BCUT2D eigenvalue weighted by molar-refractivity contribution is 5.77. The normalized spacial score (nSPS) is 13.0. The van der Waals surface area contributed by atoms with E-state index < -0.39 is 0 Å². The van der Waals surface area contributed by atoms with Gasteiger partial charge in [-0.3, -0.25) is 4.99 Å². The van der Waals surface area contributed by atoms with Crippen molar-refractivity contribution < 1.29 is 0 Å². The minimum absolute atomic E-state index is 0.325. The van der Waals surface area contributed by atoms with Crippen molar-refractivity contribution in [3.63, 3.8) is 0 Å². The monoisotopic (exact) mass is 113 g/mol. The third kappa shape index (κ3) is 3.36. The second kappa shape index (κ2) is 4.33. The summed E-state index contributed by atoms with van der Waals surface area (Å²) in [6.07, 6.45) is 3.12. The van der Waals surface area contributed by atoms with Gasteiger partial charge in [0.1, 0.15) is 0 Å². The van der Waals surface area contributed by atoms with Crippen LogP contribution in [0.3, 0.4) is 0 Å². The van der Waals surface area contributed by atoms with E-state index in [9.17, 15) is 0 Å². The fourth-order valence-corrected chi connectivity index (χ4v) is 0.240. The molecular formula is C5H11N3. The fourth-order valence-electron chi connectivity index (χ4n) is 0.240. The van der Waals surface area contributed by atoms with Crippen molar-refractivity contribution >= 4 is 6.21 Å². The van der Waals surface area contributed by atoms with Crippen LogP contribution in [0.5, 0.6) is 0 Å². The topological polar surface area (TPSA) is 64.4 Å². The standard InChI is InChI=1S/C5H11N3/c1-5(2-6)3-8-4-7/h2-3H,4,6-7H2,1H3/b5-2-,8-3-. The number of rotatable bonds is 2. The first kappa shape index (κ1) is 7.17. The maximum absolute atomic E-state index is 5.12. The lowest BCUT2D eigenvalue weighted by molar-refractivity contribution is 1.08. The summed E-state index contributed by atoms with van der Waals surface area (Å²) in [5, 5.41) is 0. The van der Waals surface area contributed by atoms with E-state index in [0.717, 1.165) is 5.57 Å². The van der Waals surface area contributed by atoms with Gasteiger partial charge in [-0.05, 0) is 18.7 Å². The highest BCUT2D eigenvalue weighted by atomic mass is 14.8. The molecule has 0 bridgehead atoms. The number of hydrogen-bond acceptors (Lipinski definition) is 3. The number of nitrogens with zero attached hydrogens (tertiary/aromatic N) is 1. The molecule has 3 nitrogen and oxygen atoms in total. The van der Waals surface area contributed by atoms with Crippen LogP contribution in [0.4, 0.5) is 0 Å². The first-order valence-electron chi connectivity index (χ1n) is 2.39. The smallest absolute Gasteiger partial charge is 0.0859 e. The van der Waals surface area contributed by atoms with Crippen LogP contribution in [0.2, 0.25) is 0 Å². The minimum atomic E-state index is 0.325. The Bertz CT molecular complexity index is 104. The molecule has 0 aliphatic rings. The molecule has 0 aliphatic carbocycles. The van der Waals surface area contributed by atoms with Crippen molar-refractivity contribution in [1.82, 2.24) is 0 Å². The summed E-state index contributed by atoms with van der Waals surface area (Å²) in [6.45, 7) is 2.18. The van der Waals surface area contributed by atoms with Crippen molar-refractivity contribution in [1.29, 1.82) is 0 Å².